The van der Waals surface area contributed by atoms with E-state index in [1.165, 1.54) is 24.9 Å². The number of carbonyl (C=O) groups excluding carboxylic acids is 1. The molecule has 1 saturated heterocycles. The van der Waals surface area contributed by atoms with Gasteiger partial charge in [0.15, 0.2) is 0 Å². The molecule has 120 valence electrons. The molecule has 4 nitrogen and oxygen atoms in total. The maximum absolute atomic E-state index is 12.3. The second-order valence-electron chi connectivity index (χ2n) is 5.79. The predicted octanol–water partition coefficient (Wildman–Crippen LogP) is 4.16. The smallest absolute Gasteiger partial charge is 0.257 e. The van der Waals surface area contributed by atoms with Gasteiger partial charge in [-0.05, 0) is 61.7 Å². The van der Waals surface area contributed by atoms with Crippen molar-refractivity contribution in [1.82, 2.24) is 0 Å². The number of nitrogen functional groups attached to an aromatic ring is 1. The number of halogens is 1. The topological polar surface area (TPSA) is 58.4 Å². The molecule has 0 atom stereocenters. The third kappa shape index (κ3) is 3.77. The van der Waals surface area contributed by atoms with E-state index in [0.717, 1.165) is 18.8 Å². The van der Waals surface area contributed by atoms with Gasteiger partial charge in [-0.3, -0.25) is 4.79 Å². The van der Waals surface area contributed by atoms with Crippen LogP contribution in [-0.4, -0.2) is 19.0 Å². The molecule has 2 aromatic carbocycles. The zero-order valence-electron chi connectivity index (χ0n) is 12.9. The second kappa shape index (κ2) is 6.92. The summed E-state index contributed by atoms with van der Waals surface area (Å²) in [5, 5.41) is 3.22. The molecule has 3 rings (SSSR count). The number of anilines is 3. The SMILES string of the molecule is Nc1ccc(C(=O)Nc2ccc(N3CCCCC3)cc2)c(Cl)c1. The molecule has 3 N–H and O–H groups in total. The van der Waals surface area contributed by atoms with Crippen molar-refractivity contribution in [2.75, 3.05) is 29.0 Å². The van der Waals surface area contributed by atoms with Crippen LogP contribution in [0.3, 0.4) is 0 Å². The van der Waals surface area contributed by atoms with Crippen molar-refractivity contribution in [1.29, 1.82) is 0 Å². The van der Waals surface area contributed by atoms with E-state index in [1.54, 1.807) is 18.2 Å². The van der Waals surface area contributed by atoms with Crippen LogP contribution in [-0.2, 0) is 0 Å². The van der Waals surface area contributed by atoms with Gasteiger partial charge in [-0.15, -0.1) is 0 Å². The Bertz CT molecular complexity index is 694. The summed E-state index contributed by atoms with van der Waals surface area (Å²) in [6.45, 7) is 2.21. The number of amides is 1. The van der Waals surface area contributed by atoms with E-state index in [4.69, 9.17) is 17.3 Å². The van der Waals surface area contributed by atoms with Crippen LogP contribution in [0, 0.1) is 0 Å². The Kier molecular flexibility index (Phi) is 4.72. The summed E-state index contributed by atoms with van der Waals surface area (Å²) in [5.74, 6) is -0.235. The third-order valence-electron chi connectivity index (χ3n) is 4.08. The molecule has 0 aromatic heterocycles. The number of nitrogens with one attached hydrogen (secondary N) is 1. The Labute approximate surface area is 141 Å². The van der Waals surface area contributed by atoms with Gasteiger partial charge in [0.2, 0.25) is 0 Å². The lowest BCUT2D eigenvalue weighted by molar-refractivity contribution is 0.102. The highest BCUT2D eigenvalue weighted by molar-refractivity contribution is 6.34. The molecule has 0 saturated carbocycles. The molecule has 1 amide bonds. The zero-order chi connectivity index (χ0) is 16.2. The van der Waals surface area contributed by atoms with Crippen LogP contribution in [0.2, 0.25) is 5.02 Å². The Morgan fingerprint density at radius 3 is 2.39 bits per heavy atom. The molecule has 1 fully saturated rings. The van der Waals surface area contributed by atoms with Crippen LogP contribution in [0.1, 0.15) is 29.6 Å². The Morgan fingerprint density at radius 2 is 1.74 bits per heavy atom. The highest BCUT2D eigenvalue weighted by Gasteiger charge is 2.13. The third-order valence-corrected chi connectivity index (χ3v) is 4.40. The predicted molar refractivity (Wildman–Crippen MR) is 96.3 cm³/mol. The van der Waals surface area contributed by atoms with Gasteiger partial charge in [0, 0.05) is 30.2 Å². The van der Waals surface area contributed by atoms with Crippen molar-refractivity contribution in [3.05, 3.63) is 53.1 Å². The monoisotopic (exact) mass is 329 g/mol. The van der Waals surface area contributed by atoms with Gasteiger partial charge in [-0.1, -0.05) is 11.6 Å². The molecule has 0 radical (unpaired) electrons. The lowest BCUT2D eigenvalue weighted by Crippen LogP contribution is -2.29. The van der Waals surface area contributed by atoms with Crippen LogP contribution >= 0.6 is 11.6 Å². The Morgan fingerprint density at radius 1 is 1.04 bits per heavy atom. The fraction of sp³-hybridized carbons (Fsp3) is 0.278. The number of rotatable bonds is 3. The minimum atomic E-state index is -0.235. The highest BCUT2D eigenvalue weighted by atomic mass is 35.5. The number of hydrogen-bond acceptors (Lipinski definition) is 3. The van der Waals surface area contributed by atoms with Gasteiger partial charge in [-0.25, -0.2) is 0 Å². The summed E-state index contributed by atoms with van der Waals surface area (Å²) < 4.78 is 0. The molecule has 23 heavy (non-hydrogen) atoms. The molecule has 0 aliphatic carbocycles. The van der Waals surface area contributed by atoms with Gasteiger partial charge in [0.1, 0.15) is 0 Å². The minimum absolute atomic E-state index is 0.235. The first-order valence-corrected chi connectivity index (χ1v) is 8.23. The molecule has 1 aliphatic rings. The number of nitrogens with two attached hydrogens (primary N) is 1. The molecule has 1 aliphatic heterocycles. The van der Waals surface area contributed by atoms with E-state index < -0.39 is 0 Å². The van der Waals surface area contributed by atoms with Crippen LogP contribution in [0.15, 0.2) is 42.5 Å². The van der Waals surface area contributed by atoms with Gasteiger partial charge < -0.3 is 16.0 Å². The van der Waals surface area contributed by atoms with Gasteiger partial charge in [-0.2, -0.15) is 0 Å². The quantitative estimate of drug-likeness (QED) is 0.831. The van der Waals surface area contributed by atoms with Crippen LogP contribution in [0.5, 0.6) is 0 Å². The van der Waals surface area contributed by atoms with Crippen molar-refractivity contribution in [3.63, 3.8) is 0 Å². The fourth-order valence-electron chi connectivity index (χ4n) is 2.82. The summed E-state index contributed by atoms with van der Waals surface area (Å²) in [4.78, 5) is 14.7. The van der Waals surface area contributed by atoms with Crippen molar-refractivity contribution in [2.24, 2.45) is 0 Å². The summed E-state index contributed by atoms with van der Waals surface area (Å²) in [5.41, 5.74) is 8.56. The largest absolute Gasteiger partial charge is 0.399 e. The fourth-order valence-corrected chi connectivity index (χ4v) is 3.10. The van der Waals surface area contributed by atoms with Crippen molar-refractivity contribution >= 4 is 34.6 Å². The maximum Gasteiger partial charge on any atom is 0.257 e. The lowest BCUT2D eigenvalue weighted by atomic mass is 10.1. The van der Waals surface area contributed by atoms with Gasteiger partial charge >= 0.3 is 0 Å². The molecular formula is C18H20ClN3O. The van der Waals surface area contributed by atoms with Crippen LogP contribution in [0.4, 0.5) is 17.1 Å². The number of hydrogen-bond donors (Lipinski definition) is 2. The normalized spacial score (nSPS) is 14.6. The molecule has 0 unspecified atom stereocenters. The first kappa shape index (κ1) is 15.7. The first-order chi connectivity index (χ1) is 11.1. The minimum Gasteiger partial charge on any atom is -0.399 e. The number of carbonyl (C=O) groups is 1. The van der Waals surface area contributed by atoms with Crippen LogP contribution < -0.4 is 16.0 Å². The molecule has 1 heterocycles. The van der Waals surface area contributed by atoms with Gasteiger partial charge in [0.05, 0.1) is 10.6 Å². The molecule has 0 spiro atoms. The number of nitrogens with zero attached hydrogens (tertiary/aromatic N) is 1. The number of piperidine rings is 1. The maximum atomic E-state index is 12.3. The van der Waals surface area contributed by atoms with Crippen molar-refractivity contribution < 1.29 is 4.79 Å². The van der Waals surface area contributed by atoms with Crippen molar-refractivity contribution in [3.8, 4) is 0 Å². The summed E-state index contributed by atoms with van der Waals surface area (Å²) in [6.07, 6.45) is 3.80. The van der Waals surface area contributed by atoms with Crippen LogP contribution in [0.25, 0.3) is 0 Å². The highest BCUT2D eigenvalue weighted by Crippen LogP contribution is 2.23. The number of benzene rings is 2. The summed E-state index contributed by atoms with van der Waals surface area (Å²) in [6, 6.07) is 12.8. The Hall–Kier alpha value is -2.20. The molecule has 5 heteroatoms. The Balaban J connectivity index is 1.69. The average Bonchev–Trinajstić information content (AvgIpc) is 2.56. The standard InChI is InChI=1S/C18H20ClN3O/c19-17-12-13(20)4-9-16(17)18(23)21-14-5-7-15(8-6-14)22-10-2-1-3-11-22/h4-9,12H,1-3,10-11,20H2,(H,21,23). The van der Waals surface area contributed by atoms with E-state index in [2.05, 4.69) is 10.2 Å². The first-order valence-electron chi connectivity index (χ1n) is 7.85. The summed E-state index contributed by atoms with van der Waals surface area (Å²) in [7, 11) is 0. The van der Waals surface area contributed by atoms with Crippen molar-refractivity contribution in [2.45, 2.75) is 19.3 Å². The van der Waals surface area contributed by atoms with E-state index in [1.807, 2.05) is 24.3 Å². The van der Waals surface area contributed by atoms with E-state index >= 15 is 0 Å². The zero-order valence-corrected chi connectivity index (χ0v) is 13.6. The average molecular weight is 330 g/mol. The lowest BCUT2D eigenvalue weighted by Gasteiger charge is -2.28. The van der Waals surface area contributed by atoms with Gasteiger partial charge in [0.25, 0.3) is 5.91 Å². The summed E-state index contributed by atoms with van der Waals surface area (Å²) >= 11 is 6.07. The van der Waals surface area contributed by atoms with E-state index in [-0.39, 0.29) is 5.91 Å². The molecular weight excluding hydrogens is 310 g/mol. The molecule has 0 bridgehead atoms. The van der Waals surface area contributed by atoms with E-state index in [9.17, 15) is 4.79 Å². The molecule has 2 aromatic rings. The second-order valence-corrected chi connectivity index (χ2v) is 6.20. The van der Waals surface area contributed by atoms with E-state index in [0.29, 0.717) is 16.3 Å².